The molecule has 0 amide bonds. The van der Waals surface area contributed by atoms with E-state index in [1.165, 1.54) is 16.7 Å². The zero-order valence-electron chi connectivity index (χ0n) is 9.41. The second-order valence-electron chi connectivity index (χ2n) is 3.99. The van der Waals surface area contributed by atoms with Gasteiger partial charge >= 0.3 is 0 Å². The van der Waals surface area contributed by atoms with Crippen molar-refractivity contribution in [3.63, 3.8) is 0 Å². The lowest BCUT2D eigenvalue weighted by Crippen LogP contribution is -2.01. The number of rotatable bonds is 2. The lowest BCUT2D eigenvalue weighted by atomic mass is 9.93. The molecule has 0 saturated heterocycles. The largest absolute Gasteiger partial charge is 0.348 e. The molecule has 1 aromatic carbocycles. The van der Waals surface area contributed by atoms with E-state index < -0.39 is 0 Å². The maximum atomic E-state index is 4.31. The molecule has 0 unspecified atom stereocenters. The van der Waals surface area contributed by atoms with Crippen molar-refractivity contribution in [1.29, 1.82) is 0 Å². The third-order valence-electron chi connectivity index (χ3n) is 3.04. The summed E-state index contributed by atoms with van der Waals surface area (Å²) in [6.07, 6.45) is 3.67. The van der Waals surface area contributed by atoms with Gasteiger partial charge in [0.05, 0.1) is 0 Å². The number of nitrogens with one attached hydrogen (secondary N) is 1. The number of aromatic nitrogens is 2. The molecule has 2 heteroatoms. The summed E-state index contributed by atoms with van der Waals surface area (Å²) < 4.78 is 0. The number of H-pyrrole nitrogens is 1. The molecule has 0 aliphatic carbocycles. The van der Waals surface area contributed by atoms with E-state index in [4.69, 9.17) is 0 Å². The van der Waals surface area contributed by atoms with Crippen LogP contribution >= 0.6 is 0 Å². The Labute approximate surface area is 90.4 Å². The molecule has 0 spiro atoms. The minimum Gasteiger partial charge on any atom is -0.348 e. The maximum absolute atomic E-state index is 4.31. The van der Waals surface area contributed by atoms with Crippen LogP contribution in [0.3, 0.4) is 0 Å². The first-order chi connectivity index (χ1) is 7.20. The van der Waals surface area contributed by atoms with Crippen molar-refractivity contribution in [3.8, 4) is 0 Å². The third kappa shape index (κ3) is 1.80. The topological polar surface area (TPSA) is 28.7 Å². The highest BCUT2D eigenvalue weighted by atomic mass is 14.9. The van der Waals surface area contributed by atoms with Crippen LogP contribution in [0.2, 0.25) is 0 Å². The summed E-state index contributed by atoms with van der Waals surface area (Å²) >= 11 is 0. The third-order valence-corrected chi connectivity index (χ3v) is 3.04. The number of aryl methyl sites for hydroxylation is 1. The number of hydrogen-bond donors (Lipinski definition) is 1. The minimum absolute atomic E-state index is 0.333. The van der Waals surface area contributed by atoms with Crippen LogP contribution in [-0.4, -0.2) is 9.97 Å². The SMILES string of the molecule is Cc1cccc([C@@H](C)c2ncc[nH]2)c1C. The molecule has 0 radical (unpaired) electrons. The molecule has 78 valence electrons. The number of hydrogen-bond acceptors (Lipinski definition) is 1. The smallest absolute Gasteiger partial charge is 0.113 e. The Kier molecular flexibility index (Phi) is 2.58. The molecule has 1 aromatic heterocycles. The van der Waals surface area contributed by atoms with Crippen molar-refractivity contribution < 1.29 is 0 Å². The molecule has 0 aliphatic heterocycles. The van der Waals surface area contributed by atoms with Gasteiger partial charge in [0.2, 0.25) is 0 Å². The summed E-state index contributed by atoms with van der Waals surface area (Å²) in [6.45, 7) is 6.50. The molecule has 1 atom stereocenters. The zero-order valence-corrected chi connectivity index (χ0v) is 9.41. The average Bonchev–Trinajstić information content (AvgIpc) is 2.74. The first kappa shape index (κ1) is 9.97. The van der Waals surface area contributed by atoms with Gasteiger partial charge in [-0.3, -0.25) is 0 Å². The maximum Gasteiger partial charge on any atom is 0.113 e. The van der Waals surface area contributed by atoms with Gasteiger partial charge < -0.3 is 4.98 Å². The Morgan fingerprint density at radius 3 is 2.73 bits per heavy atom. The highest BCUT2D eigenvalue weighted by molar-refractivity contribution is 5.37. The molecule has 0 aliphatic rings. The fraction of sp³-hybridized carbons (Fsp3) is 0.308. The van der Waals surface area contributed by atoms with Crippen molar-refractivity contribution in [3.05, 3.63) is 53.1 Å². The van der Waals surface area contributed by atoms with Gasteiger partial charge in [-0.15, -0.1) is 0 Å². The Hall–Kier alpha value is -1.57. The molecule has 1 heterocycles. The molecule has 2 aromatic rings. The normalized spacial score (nSPS) is 12.7. The van der Waals surface area contributed by atoms with E-state index in [2.05, 4.69) is 48.9 Å². The van der Waals surface area contributed by atoms with E-state index in [1.807, 2.05) is 6.20 Å². The van der Waals surface area contributed by atoms with Crippen molar-refractivity contribution in [2.24, 2.45) is 0 Å². The molecule has 0 bridgehead atoms. The Bertz CT molecular complexity index is 444. The van der Waals surface area contributed by atoms with E-state index in [0.717, 1.165) is 5.82 Å². The Balaban J connectivity index is 2.42. The van der Waals surface area contributed by atoms with Crippen LogP contribution in [0, 0.1) is 13.8 Å². The Morgan fingerprint density at radius 2 is 2.07 bits per heavy atom. The fourth-order valence-corrected chi connectivity index (χ4v) is 1.90. The number of aromatic amines is 1. The Morgan fingerprint density at radius 1 is 1.27 bits per heavy atom. The quantitative estimate of drug-likeness (QED) is 0.792. The molecular weight excluding hydrogens is 184 g/mol. The summed E-state index contributed by atoms with van der Waals surface area (Å²) in [6, 6.07) is 6.43. The monoisotopic (exact) mass is 200 g/mol. The van der Waals surface area contributed by atoms with Gasteiger partial charge in [-0.25, -0.2) is 4.98 Å². The predicted octanol–water partition coefficient (Wildman–Crippen LogP) is 3.18. The summed E-state index contributed by atoms with van der Waals surface area (Å²) in [5, 5.41) is 0. The van der Waals surface area contributed by atoms with Crippen LogP contribution in [0.15, 0.2) is 30.6 Å². The van der Waals surface area contributed by atoms with Crippen molar-refractivity contribution >= 4 is 0 Å². The van der Waals surface area contributed by atoms with Crippen LogP contribution in [-0.2, 0) is 0 Å². The van der Waals surface area contributed by atoms with Gasteiger partial charge in [0.25, 0.3) is 0 Å². The lowest BCUT2D eigenvalue weighted by Gasteiger charge is -2.14. The van der Waals surface area contributed by atoms with Gasteiger partial charge in [-0.2, -0.15) is 0 Å². The molecule has 2 rings (SSSR count). The zero-order chi connectivity index (χ0) is 10.8. The second kappa shape index (κ2) is 3.89. The predicted molar refractivity (Wildman–Crippen MR) is 62.0 cm³/mol. The molecule has 0 saturated carbocycles. The van der Waals surface area contributed by atoms with Crippen LogP contribution in [0.25, 0.3) is 0 Å². The average molecular weight is 200 g/mol. The van der Waals surface area contributed by atoms with Gasteiger partial charge in [0, 0.05) is 18.3 Å². The van der Waals surface area contributed by atoms with E-state index in [-0.39, 0.29) is 0 Å². The van der Waals surface area contributed by atoms with Crippen molar-refractivity contribution in [2.45, 2.75) is 26.7 Å². The van der Waals surface area contributed by atoms with E-state index in [9.17, 15) is 0 Å². The van der Waals surface area contributed by atoms with E-state index in [0.29, 0.717) is 5.92 Å². The number of imidazole rings is 1. The standard InChI is InChI=1S/C13H16N2/c1-9-5-4-6-12(10(9)2)11(3)13-14-7-8-15-13/h4-8,11H,1-3H3,(H,14,15)/t11-/m1/s1. The highest BCUT2D eigenvalue weighted by Gasteiger charge is 2.13. The van der Waals surface area contributed by atoms with Crippen LogP contribution in [0.4, 0.5) is 0 Å². The number of benzene rings is 1. The first-order valence-corrected chi connectivity index (χ1v) is 5.25. The second-order valence-corrected chi connectivity index (χ2v) is 3.99. The minimum atomic E-state index is 0.333. The van der Waals surface area contributed by atoms with E-state index >= 15 is 0 Å². The van der Waals surface area contributed by atoms with Crippen LogP contribution in [0.5, 0.6) is 0 Å². The van der Waals surface area contributed by atoms with Crippen molar-refractivity contribution in [2.75, 3.05) is 0 Å². The summed E-state index contributed by atoms with van der Waals surface area (Å²) in [4.78, 5) is 7.48. The first-order valence-electron chi connectivity index (χ1n) is 5.25. The summed E-state index contributed by atoms with van der Waals surface area (Å²) in [7, 11) is 0. The van der Waals surface area contributed by atoms with E-state index in [1.54, 1.807) is 6.20 Å². The summed E-state index contributed by atoms with van der Waals surface area (Å²) in [5.74, 6) is 1.36. The van der Waals surface area contributed by atoms with Crippen LogP contribution in [0.1, 0.15) is 35.4 Å². The van der Waals surface area contributed by atoms with Gasteiger partial charge in [0.15, 0.2) is 0 Å². The van der Waals surface area contributed by atoms with Gasteiger partial charge in [-0.1, -0.05) is 25.1 Å². The molecule has 0 fully saturated rings. The molecular formula is C13H16N2. The van der Waals surface area contributed by atoms with Gasteiger partial charge in [0.1, 0.15) is 5.82 Å². The molecule has 15 heavy (non-hydrogen) atoms. The van der Waals surface area contributed by atoms with Crippen LogP contribution < -0.4 is 0 Å². The molecule has 1 N–H and O–H groups in total. The fourth-order valence-electron chi connectivity index (χ4n) is 1.90. The summed E-state index contributed by atoms with van der Waals surface area (Å²) in [5.41, 5.74) is 4.05. The van der Waals surface area contributed by atoms with Gasteiger partial charge in [-0.05, 0) is 30.5 Å². The molecule has 2 nitrogen and oxygen atoms in total. The lowest BCUT2D eigenvalue weighted by molar-refractivity contribution is 0.830. The van der Waals surface area contributed by atoms with Crippen molar-refractivity contribution in [1.82, 2.24) is 9.97 Å². The number of nitrogens with zero attached hydrogens (tertiary/aromatic N) is 1. The highest BCUT2D eigenvalue weighted by Crippen LogP contribution is 2.25.